The van der Waals surface area contributed by atoms with Gasteiger partial charge in [-0.1, -0.05) is 29.5 Å². The minimum Gasteiger partial charge on any atom is -0.395 e. The number of aliphatic hydroxyl groups excluding tert-OH is 1. The van der Waals surface area contributed by atoms with Gasteiger partial charge < -0.3 is 10.4 Å². The van der Waals surface area contributed by atoms with Gasteiger partial charge >= 0.3 is 0 Å². The van der Waals surface area contributed by atoms with Crippen molar-refractivity contribution in [2.45, 2.75) is 13.3 Å². The number of carbonyl (C=O) groups is 1. The molecular formula is C16H14ClNO2S. The molecule has 108 valence electrons. The molecule has 0 saturated heterocycles. The average molecular weight is 320 g/mol. The molecule has 0 aliphatic rings. The van der Waals surface area contributed by atoms with Crippen LogP contribution in [0.4, 0.5) is 5.69 Å². The van der Waals surface area contributed by atoms with Gasteiger partial charge in [-0.2, -0.15) is 0 Å². The van der Waals surface area contributed by atoms with Crippen molar-refractivity contribution >= 4 is 34.5 Å². The Balaban J connectivity index is 2.18. The predicted molar refractivity (Wildman–Crippen MR) is 87.0 cm³/mol. The molecule has 0 saturated carbocycles. The van der Waals surface area contributed by atoms with Crippen molar-refractivity contribution in [2.75, 3.05) is 11.9 Å². The molecule has 2 rings (SSSR count). The molecule has 21 heavy (non-hydrogen) atoms. The Hall–Kier alpha value is -1.80. The number of benzene rings is 1. The Morgan fingerprint density at radius 2 is 2.24 bits per heavy atom. The number of hydrogen-bond donors (Lipinski definition) is 2. The molecule has 0 atom stereocenters. The van der Waals surface area contributed by atoms with Crippen LogP contribution in [-0.4, -0.2) is 17.6 Å². The summed E-state index contributed by atoms with van der Waals surface area (Å²) in [4.78, 5) is 12.8. The first-order valence-electron chi connectivity index (χ1n) is 6.36. The van der Waals surface area contributed by atoms with Gasteiger partial charge in [-0.25, -0.2) is 0 Å². The zero-order valence-electron chi connectivity index (χ0n) is 11.4. The second-order valence-electron chi connectivity index (χ2n) is 4.38. The molecule has 0 spiro atoms. The predicted octanol–water partition coefficient (Wildman–Crippen LogP) is 3.70. The molecule has 2 aromatic rings. The summed E-state index contributed by atoms with van der Waals surface area (Å²) >= 11 is 7.43. The summed E-state index contributed by atoms with van der Waals surface area (Å²) in [5.41, 5.74) is 2.27. The van der Waals surface area contributed by atoms with Gasteiger partial charge in [-0.3, -0.25) is 4.79 Å². The number of nitrogens with one attached hydrogen (secondary N) is 1. The summed E-state index contributed by atoms with van der Waals surface area (Å²) in [6.45, 7) is 1.95. The maximum atomic E-state index is 12.3. The molecule has 0 fully saturated rings. The molecule has 0 aliphatic heterocycles. The lowest BCUT2D eigenvalue weighted by Gasteiger charge is -2.07. The molecule has 3 nitrogen and oxygen atoms in total. The van der Waals surface area contributed by atoms with Gasteiger partial charge in [-0.15, -0.1) is 11.3 Å². The van der Waals surface area contributed by atoms with Crippen LogP contribution in [0.3, 0.4) is 0 Å². The lowest BCUT2D eigenvalue weighted by atomic mass is 10.2. The summed E-state index contributed by atoms with van der Waals surface area (Å²) < 4.78 is 0. The van der Waals surface area contributed by atoms with E-state index in [1.807, 2.05) is 18.4 Å². The van der Waals surface area contributed by atoms with Crippen molar-refractivity contribution in [1.29, 1.82) is 0 Å². The maximum absolute atomic E-state index is 12.3. The number of carbonyl (C=O) groups excluding carboxylic acids is 1. The third kappa shape index (κ3) is 4.08. The SMILES string of the molecule is Cc1ccc(NC(=O)c2sccc2C#CCCO)c(Cl)c1. The highest BCUT2D eigenvalue weighted by Crippen LogP contribution is 2.25. The van der Waals surface area contributed by atoms with E-state index in [2.05, 4.69) is 17.2 Å². The normalized spacial score (nSPS) is 9.86. The number of rotatable bonds is 3. The molecule has 0 aliphatic carbocycles. The van der Waals surface area contributed by atoms with E-state index < -0.39 is 0 Å². The van der Waals surface area contributed by atoms with E-state index >= 15 is 0 Å². The number of halogens is 1. The van der Waals surface area contributed by atoms with Crippen LogP contribution in [0.2, 0.25) is 5.02 Å². The third-order valence-corrected chi connectivity index (χ3v) is 3.93. The van der Waals surface area contributed by atoms with Gasteiger partial charge in [0.05, 0.1) is 17.3 Å². The van der Waals surface area contributed by atoms with Crippen molar-refractivity contribution in [3.05, 3.63) is 50.7 Å². The Morgan fingerprint density at radius 1 is 1.43 bits per heavy atom. The van der Waals surface area contributed by atoms with Gasteiger partial charge in [0.25, 0.3) is 5.91 Å². The highest BCUT2D eigenvalue weighted by Gasteiger charge is 2.13. The quantitative estimate of drug-likeness (QED) is 0.848. The fourth-order valence-corrected chi connectivity index (χ4v) is 2.72. The number of aryl methyl sites for hydroxylation is 1. The van der Waals surface area contributed by atoms with Crippen molar-refractivity contribution < 1.29 is 9.90 Å². The van der Waals surface area contributed by atoms with Crippen molar-refractivity contribution in [3.63, 3.8) is 0 Å². The lowest BCUT2D eigenvalue weighted by Crippen LogP contribution is -2.11. The minimum atomic E-state index is -0.232. The Kier molecular flexibility index (Phi) is 5.40. The van der Waals surface area contributed by atoms with Gasteiger partial charge in [-0.05, 0) is 36.1 Å². The van der Waals surface area contributed by atoms with Crippen LogP contribution < -0.4 is 5.32 Å². The smallest absolute Gasteiger partial charge is 0.267 e. The summed E-state index contributed by atoms with van der Waals surface area (Å²) in [6.07, 6.45) is 0.390. The highest BCUT2D eigenvalue weighted by atomic mass is 35.5. The molecule has 1 amide bonds. The van der Waals surface area contributed by atoms with Gasteiger partial charge in [0, 0.05) is 12.0 Å². The van der Waals surface area contributed by atoms with Crippen LogP contribution in [0, 0.1) is 18.8 Å². The van der Waals surface area contributed by atoms with Crippen LogP contribution >= 0.6 is 22.9 Å². The first-order valence-corrected chi connectivity index (χ1v) is 7.62. The van der Waals surface area contributed by atoms with Crippen LogP contribution in [0.25, 0.3) is 0 Å². The lowest BCUT2D eigenvalue weighted by molar-refractivity contribution is 0.103. The monoisotopic (exact) mass is 319 g/mol. The van der Waals surface area contributed by atoms with Crippen LogP contribution in [0.1, 0.15) is 27.2 Å². The summed E-state index contributed by atoms with van der Waals surface area (Å²) in [7, 11) is 0. The molecule has 1 heterocycles. The van der Waals surface area contributed by atoms with Crippen molar-refractivity contribution in [2.24, 2.45) is 0 Å². The second kappa shape index (κ2) is 7.28. The van der Waals surface area contributed by atoms with E-state index in [0.29, 0.717) is 27.6 Å². The van der Waals surface area contributed by atoms with E-state index in [0.717, 1.165) is 5.56 Å². The van der Waals surface area contributed by atoms with Crippen LogP contribution in [-0.2, 0) is 0 Å². The molecule has 1 aromatic carbocycles. The molecule has 5 heteroatoms. The van der Waals surface area contributed by atoms with E-state index in [-0.39, 0.29) is 12.5 Å². The standard InChI is InChI=1S/C16H14ClNO2S/c1-11-5-6-14(13(17)10-11)18-16(20)15-12(7-9-21-15)4-2-3-8-19/h5-7,9-10,19H,3,8H2,1H3,(H,18,20). The fourth-order valence-electron chi connectivity index (χ4n) is 1.70. The third-order valence-electron chi connectivity index (χ3n) is 2.70. The summed E-state index contributed by atoms with van der Waals surface area (Å²) in [5, 5.41) is 13.8. The van der Waals surface area contributed by atoms with E-state index in [1.165, 1.54) is 11.3 Å². The van der Waals surface area contributed by atoms with Gasteiger partial charge in [0.2, 0.25) is 0 Å². The topological polar surface area (TPSA) is 49.3 Å². The number of anilines is 1. The highest BCUT2D eigenvalue weighted by molar-refractivity contribution is 7.12. The average Bonchev–Trinajstić information content (AvgIpc) is 2.91. The number of amides is 1. The Morgan fingerprint density at radius 3 is 2.95 bits per heavy atom. The van der Waals surface area contributed by atoms with Crippen molar-refractivity contribution in [3.8, 4) is 11.8 Å². The Bertz CT molecular complexity index is 713. The molecule has 1 aromatic heterocycles. The summed E-state index contributed by atoms with van der Waals surface area (Å²) in [6, 6.07) is 7.26. The first-order chi connectivity index (χ1) is 10.1. The molecule has 0 unspecified atom stereocenters. The first kappa shape index (κ1) is 15.6. The van der Waals surface area contributed by atoms with E-state index in [4.69, 9.17) is 16.7 Å². The van der Waals surface area contributed by atoms with Crippen LogP contribution in [0.5, 0.6) is 0 Å². The molecule has 0 bridgehead atoms. The number of hydrogen-bond acceptors (Lipinski definition) is 3. The van der Waals surface area contributed by atoms with E-state index in [9.17, 15) is 4.79 Å². The largest absolute Gasteiger partial charge is 0.395 e. The number of thiophene rings is 1. The minimum absolute atomic E-state index is 0.0115. The van der Waals surface area contributed by atoms with E-state index in [1.54, 1.807) is 18.2 Å². The zero-order chi connectivity index (χ0) is 15.2. The Labute approximate surface area is 132 Å². The number of aliphatic hydroxyl groups is 1. The van der Waals surface area contributed by atoms with Gasteiger partial charge in [0.1, 0.15) is 4.88 Å². The summed E-state index contributed by atoms with van der Waals surface area (Å²) in [5.74, 6) is 5.47. The molecule has 2 N–H and O–H groups in total. The van der Waals surface area contributed by atoms with Crippen LogP contribution in [0.15, 0.2) is 29.6 Å². The van der Waals surface area contributed by atoms with Gasteiger partial charge in [0.15, 0.2) is 0 Å². The second-order valence-corrected chi connectivity index (χ2v) is 5.70. The zero-order valence-corrected chi connectivity index (χ0v) is 13.0. The maximum Gasteiger partial charge on any atom is 0.267 e. The van der Waals surface area contributed by atoms with Crippen molar-refractivity contribution in [1.82, 2.24) is 0 Å². The fraction of sp³-hybridized carbons (Fsp3) is 0.188. The molecular weight excluding hydrogens is 306 g/mol. The molecule has 0 radical (unpaired) electrons.